The minimum absolute atomic E-state index is 0.299. The van der Waals surface area contributed by atoms with Crippen LogP contribution in [0.3, 0.4) is 0 Å². The number of fused-ring (bicyclic) bond motifs is 2. The van der Waals surface area contributed by atoms with Gasteiger partial charge in [0.2, 0.25) is 0 Å². The molecule has 0 aromatic heterocycles. The average molecular weight is 486 g/mol. The molecule has 3 aliphatic carbocycles. The first-order valence-corrected chi connectivity index (χ1v) is 14.7. The number of allylic oxidation sites excluding steroid dienone is 2. The van der Waals surface area contributed by atoms with Crippen LogP contribution in [0.2, 0.25) is 0 Å². The van der Waals surface area contributed by atoms with E-state index < -0.39 is 0 Å². The summed E-state index contributed by atoms with van der Waals surface area (Å²) in [5.41, 5.74) is 7.52. The van der Waals surface area contributed by atoms with Crippen LogP contribution in [-0.4, -0.2) is 24.6 Å². The van der Waals surface area contributed by atoms with Gasteiger partial charge in [0, 0.05) is 35.0 Å². The van der Waals surface area contributed by atoms with Crippen molar-refractivity contribution in [3.8, 4) is 0 Å². The second-order valence-electron chi connectivity index (χ2n) is 12.4. The molecule has 3 fully saturated rings. The fourth-order valence-electron chi connectivity index (χ4n) is 7.94. The Morgan fingerprint density at radius 2 is 1.83 bits per heavy atom. The van der Waals surface area contributed by atoms with Crippen molar-refractivity contribution in [1.29, 1.82) is 0 Å². The van der Waals surface area contributed by atoms with Crippen molar-refractivity contribution >= 4 is 17.2 Å². The van der Waals surface area contributed by atoms with E-state index >= 15 is 0 Å². The zero-order chi connectivity index (χ0) is 25.3. The highest BCUT2D eigenvalue weighted by molar-refractivity contribution is 6.06. The lowest BCUT2D eigenvalue weighted by molar-refractivity contribution is 0.293. The van der Waals surface area contributed by atoms with Gasteiger partial charge in [-0.25, -0.2) is 4.99 Å². The Balaban J connectivity index is 1.44. The summed E-state index contributed by atoms with van der Waals surface area (Å²) in [6.07, 6.45) is 15.3. The number of nitrogens with zero attached hydrogens (tertiary/aromatic N) is 3. The number of aliphatic imine (C=N–C) groups is 2. The van der Waals surface area contributed by atoms with E-state index in [9.17, 15) is 0 Å². The van der Waals surface area contributed by atoms with Crippen LogP contribution < -0.4 is 4.90 Å². The third kappa shape index (κ3) is 4.75. The van der Waals surface area contributed by atoms with Crippen LogP contribution in [0, 0.1) is 16.7 Å². The van der Waals surface area contributed by atoms with E-state index in [1.807, 2.05) is 0 Å². The zero-order valence-corrected chi connectivity index (χ0v) is 23.1. The van der Waals surface area contributed by atoms with E-state index in [0.29, 0.717) is 22.7 Å². The van der Waals surface area contributed by atoms with E-state index in [4.69, 9.17) is 11.6 Å². The van der Waals surface area contributed by atoms with Gasteiger partial charge in [0.15, 0.2) is 0 Å². The number of hydrogen-bond donors (Lipinski definition) is 0. The molecule has 0 amide bonds. The average Bonchev–Trinajstić information content (AvgIpc) is 3.62. The largest absolute Gasteiger partial charge is 0.345 e. The summed E-state index contributed by atoms with van der Waals surface area (Å²) in [6.45, 7) is 17.7. The SMILES string of the molecule is C=C(CC)C(CC)c1cccc(N(CC23CCC(C4=NC(C)=NC4)(CC2)C3)C(=C)C2CCCCC2)c1. The summed E-state index contributed by atoms with van der Waals surface area (Å²) >= 11 is 0. The lowest BCUT2D eigenvalue weighted by atomic mass is 9.78. The third-order valence-electron chi connectivity index (χ3n) is 10.2. The molecule has 0 spiro atoms. The molecule has 1 heterocycles. The molecular weight excluding hydrogens is 438 g/mol. The summed E-state index contributed by atoms with van der Waals surface area (Å²) in [5, 5.41) is 0. The predicted molar refractivity (Wildman–Crippen MR) is 155 cm³/mol. The normalized spacial score (nSPS) is 28.6. The van der Waals surface area contributed by atoms with Crippen molar-refractivity contribution in [2.45, 2.75) is 104 Å². The summed E-state index contributed by atoms with van der Waals surface area (Å²) in [5.74, 6) is 2.04. The smallest absolute Gasteiger partial charge is 0.120 e. The topological polar surface area (TPSA) is 28.0 Å². The Morgan fingerprint density at radius 1 is 1.08 bits per heavy atom. The maximum Gasteiger partial charge on any atom is 0.120 e. The highest BCUT2D eigenvalue weighted by atomic mass is 15.2. The Bertz CT molecular complexity index is 1050. The first-order chi connectivity index (χ1) is 17.4. The Morgan fingerprint density at radius 3 is 2.47 bits per heavy atom. The number of rotatable bonds is 10. The molecule has 194 valence electrons. The van der Waals surface area contributed by atoms with E-state index in [2.05, 4.69) is 61.5 Å². The highest BCUT2D eigenvalue weighted by Gasteiger charge is 2.57. The van der Waals surface area contributed by atoms with Crippen molar-refractivity contribution in [2.24, 2.45) is 26.7 Å². The van der Waals surface area contributed by atoms with Gasteiger partial charge in [-0.05, 0) is 93.7 Å². The summed E-state index contributed by atoms with van der Waals surface area (Å²) in [4.78, 5) is 12.2. The van der Waals surface area contributed by atoms with Gasteiger partial charge in [-0.15, -0.1) is 0 Å². The molecule has 0 N–H and O–H groups in total. The molecule has 3 nitrogen and oxygen atoms in total. The van der Waals surface area contributed by atoms with Crippen LogP contribution in [0.25, 0.3) is 0 Å². The first-order valence-electron chi connectivity index (χ1n) is 14.7. The molecule has 3 saturated carbocycles. The van der Waals surface area contributed by atoms with Crippen molar-refractivity contribution in [3.63, 3.8) is 0 Å². The first kappa shape index (κ1) is 25.5. The van der Waals surface area contributed by atoms with Gasteiger partial charge in [0.05, 0.1) is 6.54 Å². The van der Waals surface area contributed by atoms with E-state index in [1.165, 1.54) is 92.4 Å². The number of anilines is 1. The highest BCUT2D eigenvalue weighted by Crippen LogP contribution is 2.63. The Labute approximate surface area is 219 Å². The predicted octanol–water partition coefficient (Wildman–Crippen LogP) is 8.87. The number of amidine groups is 1. The lowest BCUT2D eigenvalue weighted by Gasteiger charge is -2.40. The molecule has 0 radical (unpaired) electrons. The second-order valence-corrected chi connectivity index (χ2v) is 12.4. The van der Waals surface area contributed by atoms with Crippen LogP contribution in [0.5, 0.6) is 0 Å². The van der Waals surface area contributed by atoms with E-state index in [1.54, 1.807) is 0 Å². The summed E-state index contributed by atoms with van der Waals surface area (Å²) in [7, 11) is 0. The maximum atomic E-state index is 4.91. The van der Waals surface area contributed by atoms with Crippen molar-refractivity contribution in [2.75, 3.05) is 18.0 Å². The van der Waals surface area contributed by atoms with Gasteiger partial charge in [0.1, 0.15) is 5.84 Å². The zero-order valence-electron chi connectivity index (χ0n) is 23.1. The fourth-order valence-corrected chi connectivity index (χ4v) is 7.94. The fraction of sp³-hybridized carbons (Fsp3) is 0.636. The third-order valence-corrected chi connectivity index (χ3v) is 10.2. The van der Waals surface area contributed by atoms with Crippen LogP contribution >= 0.6 is 0 Å². The second kappa shape index (κ2) is 10.3. The molecule has 1 aromatic carbocycles. The minimum atomic E-state index is 0.299. The van der Waals surface area contributed by atoms with E-state index in [0.717, 1.165) is 31.8 Å². The molecule has 36 heavy (non-hydrogen) atoms. The quantitative estimate of drug-likeness (QED) is 0.304. The molecule has 1 aromatic rings. The van der Waals surface area contributed by atoms with Crippen LogP contribution in [0.15, 0.2) is 58.7 Å². The van der Waals surface area contributed by atoms with Crippen LogP contribution in [0.4, 0.5) is 5.69 Å². The van der Waals surface area contributed by atoms with Gasteiger partial charge in [-0.2, -0.15) is 0 Å². The molecule has 0 saturated heterocycles. The lowest BCUT2D eigenvalue weighted by Crippen LogP contribution is -2.37. The number of hydrogen-bond acceptors (Lipinski definition) is 3. The standard InChI is InChI=1S/C33H47N3/c1-6-24(3)30(7-2)28-14-11-15-29(20-28)36(25(4)27-12-9-8-10-13-27)23-32-16-18-33(22-32,19-17-32)31-21-34-26(5)35-31/h11,14-15,20,27,30H,3-4,6-10,12-13,16-19,21-23H2,1-2,5H3. The van der Waals surface area contributed by atoms with Crippen LogP contribution in [0.1, 0.15) is 109 Å². The monoisotopic (exact) mass is 485 g/mol. The molecule has 4 aliphatic rings. The molecule has 5 rings (SSSR count). The Kier molecular flexibility index (Phi) is 7.30. The van der Waals surface area contributed by atoms with Gasteiger partial charge in [-0.3, -0.25) is 4.99 Å². The number of benzene rings is 1. The van der Waals surface area contributed by atoms with Crippen molar-refractivity contribution in [3.05, 3.63) is 54.3 Å². The molecule has 1 unspecified atom stereocenters. The summed E-state index contributed by atoms with van der Waals surface area (Å²) < 4.78 is 0. The van der Waals surface area contributed by atoms with Gasteiger partial charge >= 0.3 is 0 Å². The van der Waals surface area contributed by atoms with Crippen LogP contribution in [-0.2, 0) is 0 Å². The molecule has 1 aliphatic heterocycles. The van der Waals surface area contributed by atoms with Crippen molar-refractivity contribution < 1.29 is 0 Å². The minimum Gasteiger partial charge on any atom is -0.345 e. The maximum absolute atomic E-state index is 4.91. The van der Waals surface area contributed by atoms with E-state index in [-0.39, 0.29) is 0 Å². The summed E-state index contributed by atoms with van der Waals surface area (Å²) in [6, 6.07) is 9.39. The van der Waals surface area contributed by atoms with Crippen molar-refractivity contribution in [1.82, 2.24) is 0 Å². The molecular formula is C33H47N3. The molecule has 1 atom stereocenters. The van der Waals surface area contributed by atoms with Gasteiger partial charge < -0.3 is 4.90 Å². The van der Waals surface area contributed by atoms with Gasteiger partial charge in [0.25, 0.3) is 0 Å². The molecule has 3 heteroatoms. The Hall–Kier alpha value is -2.16. The van der Waals surface area contributed by atoms with Gasteiger partial charge in [-0.1, -0.05) is 64.0 Å². The molecule has 2 bridgehead atoms.